The molecule has 0 fully saturated rings. The molecule has 0 aromatic carbocycles. The molecule has 2 nitrogen and oxygen atoms in total. The van der Waals surface area contributed by atoms with Crippen LogP contribution in [0.4, 0.5) is 0 Å². The maximum absolute atomic E-state index is 10.9. The highest BCUT2D eigenvalue weighted by atomic mass is 32.2. The minimum Gasteiger partial charge on any atom is -0.255 e. The molecule has 50 valence electrons. The van der Waals surface area contributed by atoms with Crippen LogP contribution >= 0.6 is 11.3 Å². The van der Waals surface area contributed by atoms with Crippen LogP contribution in [0.15, 0.2) is 21.7 Å². The van der Waals surface area contributed by atoms with Gasteiger partial charge in [0.2, 0.25) is 0 Å². The second kappa shape index (κ2) is 2.13. The van der Waals surface area contributed by atoms with Gasteiger partial charge < -0.3 is 0 Å². The molecule has 1 aromatic heterocycles. The van der Waals surface area contributed by atoms with E-state index in [0.717, 1.165) is 0 Å². The first-order chi connectivity index (χ1) is 4.11. The predicted molar refractivity (Wildman–Crippen MR) is 42.0 cm³/mol. The Morgan fingerprint density at radius 2 is 2.44 bits per heavy atom. The van der Waals surface area contributed by atoms with Crippen molar-refractivity contribution in [3.8, 4) is 0 Å². The van der Waals surface area contributed by atoms with E-state index in [9.17, 15) is 4.21 Å². The minimum atomic E-state index is -2.44. The number of rotatable bonds is 1. The molecular formula is C5H7NOS2. The predicted octanol–water partition coefficient (Wildman–Crippen LogP) is 0.697. The summed E-state index contributed by atoms with van der Waals surface area (Å²) in [5.74, 6) is 3.33. The molecule has 0 spiro atoms. The smallest absolute Gasteiger partial charge is 0.0964 e. The van der Waals surface area contributed by atoms with E-state index in [4.69, 9.17) is 5.14 Å². The highest BCUT2D eigenvalue weighted by Gasteiger charge is 1.99. The van der Waals surface area contributed by atoms with E-state index >= 15 is 0 Å². The van der Waals surface area contributed by atoms with Gasteiger partial charge in [0.25, 0.3) is 0 Å². The van der Waals surface area contributed by atoms with E-state index in [-0.39, 0.29) is 0 Å². The molecule has 2 N–H and O–H groups in total. The third-order valence-corrected chi connectivity index (χ3v) is 3.45. The van der Waals surface area contributed by atoms with Crippen molar-refractivity contribution in [2.24, 2.45) is 5.14 Å². The van der Waals surface area contributed by atoms with Gasteiger partial charge in [-0.1, -0.05) is 6.07 Å². The molecule has 1 heterocycles. The van der Waals surface area contributed by atoms with Gasteiger partial charge in [0, 0.05) is 0 Å². The Morgan fingerprint density at radius 3 is 2.67 bits per heavy atom. The van der Waals surface area contributed by atoms with E-state index in [1.165, 1.54) is 11.3 Å². The fraction of sp³-hybridized carbons (Fsp3) is 0. The first kappa shape index (κ1) is 6.80. The Hall–Kier alpha value is -0.320. The maximum atomic E-state index is 10.9. The third kappa shape index (κ3) is 1.54. The van der Waals surface area contributed by atoms with E-state index in [1.54, 1.807) is 12.1 Å². The molecule has 1 unspecified atom stereocenters. The zero-order valence-electron chi connectivity index (χ0n) is 4.74. The Morgan fingerprint density at radius 1 is 1.78 bits per heavy atom. The van der Waals surface area contributed by atoms with E-state index in [0.29, 0.717) is 4.21 Å². The highest BCUT2D eigenvalue weighted by molar-refractivity contribution is 8.00. The molecule has 4 heteroatoms. The van der Waals surface area contributed by atoms with Crippen LogP contribution in [0.1, 0.15) is 0 Å². The maximum Gasteiger partial charge on any atom is 0.0964 e. The summed E-state index contributed by atoms with van der Waals surface area (Å²) in [7, 11) is -2.44. The third-order valence-electron chi connectivity index (χ3n) is 0.836. The molecule has 0 amide bonds. The zero-order valence-corrected chi connectivity index (χ0v) is 6.37. The molecule has 9 heavy (non-hydrogen) atoms. The Labute approximate surface area is 58.5 Å². The lowest BCUT2D eigenvalue weighted by Crippen LogP contribution is -2.09. The summed E-state index contributed by atoms with van der Waals surface area (Å²) in [5, 5.41) is 7.05. The second-order valence-corrected chi connectivity index (χ2v) is 4.76. The van der Waals surface area contributed by atoms with Crippen molar-refractivity contribution in [2.75, 3.05) is 0 Å². The van der Waals surface area contributed by atoms with Gasteiger partial charge in [-0.25, -0.2) is 4.21 Å². The summed E-state index contributed by atoms with van der Waals surface area (Å²) in [4.78, 5) is 0. The lowest BCUT2D eigenvalue weighted by atomic mass is 10.7. The van der Waals surface area contributed by atoms with Crippen molar-refractivity contribution in [3.63, 3.8) is 0 Å². The molecule has 0 radical (unpaired) electrons. The average molecular weight is 161 g/mol. The standard InChI is InChI=1S/C5H7NOS2/c1-9(6,7)5-3-2-4-8-5/h2-4H,1H2,(H2,6,7). The lowest BCUT2D eigenvalue weighted by molar-refractivity contribution is 0.684. The van der Waals surface area contributed by atoms with Crippen molar-refractivity contribution in [1.82, 2.24) is 0 Å². The van der Waals surface area contributed by atoms with Gasteiger partial charge in [-0.05, 0) is 17.3 Å². The summed E-state index contributed by atoms with van der Waals surface area (Å²) in [6.07, 6.45) is 0. The van der Waals surface area contributed by atoms with Gasteiger partial charge in [-0.3, -0.25) is 5.14 Å². The number of thiophene rings is 1. The number of hydrogen-bond acceptors (Lipinski definition) is 2. The summed E-state index contributed by atoms with van der Waals surface area (Å²) in [5.41, 5.74) is 0. The molecule has 1 aromatic rings. The molecular weight excluding hydrogens is 154 g/mol. The van der Waals surface area contributed by atoms with Crippen LogP contribution in [0.3, 0.4) is 0 Å². The largest absolute Gasteiger partial charge is 0.255 e. The molecule has 0 saturated heterocycles. The molecule has 0 aliphatic rings. The van der Waals surface area contributed by atoms with E-state index in [1.807, 2.05) is 5.38 Å². The van der Waals surface area contributed by atoms with Gasteiger partial charge in [-0.2, -0.15) is 0 Å². The van der Waals surface area contributed by atoms with E-state index in [2.05, 4.69) is 5.87 Å². The van der Waals surface area contributed by atoms with E-state index < -0.39 is 9.71 Å². The van der Waals surface area contributed by atoms with Crippen LogP contribution in [-0.2, 0) is 9.71 Å². The Balaban J connectivity index is 3.20. The summed E-state index contributed by atoms with van der Waals surface area (Å²) in [6, 6.07) is 3.53. The summed E-state index contributed by atoms with van der Waals surface area (Å²) in [6.45, 7) is 0. The minimum absolute atomic E-state index is 0.655. The first-order valence-electron chi connectivity index (χ1n) is 2.29. The van der Waals surface area contributed by atoms with Crippen LogP contribution in [0.5, 0.6) is 0 Å². The summed E-state index contributed by atoms with van der Waals surface area (Å²) >= 11 is 1.37. The normalized spacial score (nSPS) is 17.0. The fourth-order valence-corrected chi connectivity index (χ4v) is 2.04. The molecule has 0 saturated carbocycles. The van der Waals surface area contributed by atoms with Gasteiger partial charge in [0.05, 0.1) is 13.9 Å². The van der Waals surface area contributed by atoms with Crippen LogP contribution in [-0.4, -0.2) is 10.1 Å². The number of nitrogens with two attached hydrogens (primary N) is 1. The summed E-state index contributed by atoms with van der Waals surface area (Å²) < 4.78 is 11.6. The zero-order chi connectivity index (χ0) is 6.91. The second-order valence-electron chi connectivity index (χ2n) is 1.66. The van der Waals surface area contributed by atoms with Crippen molar-refractivity contribution in [2.45, 2.75) is 4.21 Å². The van der Waals surface area contributed by atoms with Crippen LogP contribution in [0.25, 0.3) is 0 Å². The monoisotopic (exact) mass is 161 g/mol. The van der Waals surface area contributed by atoms with Crippen molar-refractivity contribution >= 4 is 26.9 Å². The molecule has 1 atom stereocenters. The van der Waals surface area contributed by atoms with Gasteiger partial charge in [0.1, 0.15) is 0 Å². The number of hydrogen-bond donors (Lipinski definition) is 1. The highest BCUT2D eigenvalue weighted by Crippen LogP contribution is 2.12. The van der Waals surface area contributed by atoms with Crippen LogP contribution < -0.4 is 5.14 Å². The SMILES string of the molecule is C=S(N)(=O)c1cccs1. The topological polar surface area (TPSA) is 43.1 Å². The van der Waals surface area contributed by atoms with Gasteiger partial charge in [-0.15, -0.1) is 11.3 Å². The van der Waals surface area contributed by atoms with Gasteiger partial charge >= 0.3 is 0 Å². The lowest BCUT2D eigenvalue weighted by Gasteiger charge is -1.93. The Bertz CT molecular complexity index is 272. The van der Waals surface area contributed by atoms with Crippen LogP contribution in [0, 0.1) is 0 Å². The quantitative estimate of drug-likeness (QED) is 0.605. The molecule has 0 bridgehead atoms. The molecule has 1 rings (SSSR count). The average Bonchev–Trinajstić information content (AvgIpc) is 2.08. The fourth-order valence-electron chi connectivity index (χ4n) is 0.460. The molecule has 0 aliphatic carbocycles. The Kier molecular flexibility index (Phi) is 1.61. The first-order valence-corrected chi connectivity index (χ1v) is 4.96. The van der Waals surface area contributed by atoms with Crippen molar-refractivity contribution < 1.29 is 4.21 Å². The van der Waals surface area contributed by atoms with Crippen LogP contribution in [0.2, 0.25) is 0 Å². The molecule has 0 aliphatic heterocycles. The van der Waals surface area contributed by atoms with Crippen molar-refractivity contribution in [3.05, 3.63) is 17.5 Å². The van der Waals surface area contributed by atoms with Crippen molar-refractivity contribution in [1.29, 1.82) is 0 Å². The van der Waals surface area contributed by atoms with Gasteiger partial charge in [0.15, 0.2) is 0 Å².